The molecule has 16 heavy (non-hydrogen) atoms. The van der Waals surface area contributed by atoms with Crippen LogP contribution in [0, 0.1) is 11.8 Å². The summed E-state index contributed by atoms with van der Waals surface area (Å²) in [7, 11) is 0. The van der Waals surface area contributed by atoms with Crippen LogP contribution < -0.4 is 0 Å². The minimum absolute atomic E-state index is 0.0801. The molecule has 2 aliphatic heterocycles. The number of hydrogen-bond acceptors (Lipinski definition) is 3. The quantitative estimate of drug-likeness (QED) is 0.712. The van der Waals surface area contributed by atoms with Gasteiger partial charge in [0, 0.05) is 18.9 Å². The molecule has 0 saturated carbocycles. The van der Waals surface area contributed by atoms with Crippen LogP contribution in [0.2, 0.25) is 0 Å². The van der Waals surface area contributed by atoms with E-state index in [-0.39, 0.29) is 11.8 Å². The van der Waals surface area contributed by atoms with Gasteiger partial charge in [0.1, 0.15) is 0 Å². The highest BCUT2D eigenvalue weighted by Gasteiger charge is 2.45. The largest absolute Gasteiger partial charge is 0.346 e. The number of hydrogen-bond donors (Lipinski definition) is 0. The lowest BCUT2D eigenvalue weighted by atomic mass is 9.97. The molecule has 4 nitrogen and oxygen atoms in total. The van der Waals surface area contributed by atoms with Crippen molar-refractivity contribution in [1.29, 1.82) is 0 Å². The highest BCUT2D eigenvalue weighted by molar-refractivity contribution is 5.79. The summed E-state index contributed by atoms with van der Waals surface area (Å²) in [5, 5.41) is 0. The summed E-state index contributed by atoms with van der Waals surface area (Å²) in [5.41, 5.74) is 0. The maximum atomic E-state index is 12.1. The summed E-state index contributed by atoms with van der Waals surface area (Å²) in [5.74, 6) is 0.212. The van der Waals surface area contributed by atoms with E-state index in [2.05, 4.69) is 13.8 Å². The Labute approximate surface area is 96.9 Å². The molecule has 2 heterocycles. The lowest BCUT2D eigenvalue weighted by Crippen LogP contribution is -2.40. The van der Waals surface area contributed by atoms with E-state index in [4.69, 9.17) is 9.47 Å². The van der Waals surface area contributed by atoms with Gasteiger partial charge in [0.25, 0.3) is 0 Å². The molecule has 1 unspecified atom stereocenters. The average Bonchev–Trinajstić information content (AvgIpc) is 2.87. The average molecular weight is 227 g/mol. The van der Waals surface area contributed by atoms with Crippen LogP contribution in [0.15, 0.2) is 0 Å². The first-order valence-electron chi connectivity index (χ1n) is 6.11. The molecule has 0 aromatic heterocycles. The summed E-state index contributed by atoms with van der Waals surface area (Å²) in [6.07, 6.45) is 0.809. The number of carbonyl (C=O) groups excluding carboxylic acids is 1. The molecule has 0 aromatic carbocycles. The van der Waals surface area contributed by atoms with Gasteiger partial charge in [-0.25, -0.2) is 0 Å². The molecular formula is C12H21NO3. The van der Waals surface area contributed by atoms with E-state index >= 15 is 0 Å². The minimum atomic E-state index is -0.480. The van der Waals surface area contributed by atoms with Gasteiger partial charge in [0.2, 0.25) is 5.91 Å². The number of rotatable bonds is 2. The van der Waals surface area contributed by atoms with Gasteiger partial charge in [-0.1, -0.05) is 20.8 Å². The fraction of sp³-hybridized carbons (Fsp3) is 0.917. The zero-order chi connectivity index (χ0) is 11.8. The van der Waals surface area contributed by atoms with Gasteiger partial charge in [0.05, 0.1) is 19.8 Å². The molecule has 2 rings (SSSR count). The molecule has 2 aliphatic rings. The van der Waals surface area contributed by atoms with Crippen LogP contribution in [0.1, 0.15) is 27.2 Å². The van der Waals surface area contributed by atoms with Gasteiger partial charge >= 0.3 is 0 Å². The molecule has 1 spiro atoms. The molecule has 2 fully saturated rings. The molecular weight excluding hydrogens is 206 g/mol. The van der Waals surface area contributed by atoms with Gasteiger partial charge in [-0.2, -0.15) is 0 Å². The summed E-state index contributed by atoms with van der Waals surface area (Å²) >= 11 is 0. The molecule has 2 saturated heterocycles. The normalized spacial score (nSPS) is 25.6. The monoisotopic (exact) mass is 227 g/mol. The van der Waals surface area contributed by atoms with E-state index in [9.17, 15) is 4.79 Å². The molecule has 0 radical (unpaired) electrons. The Morgan fingerprint density at radius 3 is 2.44 bits per heavy atom. The maximum Gasteiger partial charge on any atom is 0.225 e. The van der Waals surface area contributed by atoms with Crippen LogP contribution in [0.5, 0.6) is 0 Å². The number of ether oxygens (including phenoxy) is 2. The second kappa shape index (κ2) is 4.34. The Morgan fingerprint density at radius 1 is 1.25 bits per heavy atom. The molecule has 0 aliphatic carbocycles. The lowest BCUT2D eigenvalue weighted by Gasteiger charge is -2.25. The lowest BCUT2D eigenvalue weighted by molar-refractivity contribution is -0.154. The molecule has 0 aromatic rings. The fourth-order valence-electron chi connectivity index (χ4n) is 2.25. The second-order valence-corrected chi connectivity index (χ2v) is 5.15. The molecule has 4 heteroatoms. The minimum Gasteiger partial charge on any atom is -0.346 e. The highest BCUT2D eigenvalue weighted by atomic mass is 16.7. The van der Waals surface area contributed by atoms with E-state index < -0.39 is 5.79 Å². The first kappa shape index (κ1) is 11.9. The SMILES string of the molecule is CC(C)C(C)C(=O)N1CCC2(C1)OCCO2. The van der Waals surface area contributed by atoms with E-state index in [1.54, 1.807) is 0 Å². The smallest absolute Gasteiger partial charge is 0.225 e. The Balaban J connectivity index is 1.95. The van der Waals surface area contributed by atoms with Gasteiger partial charge in [-0.15, -0.1) is 0 Å². The third-order valence-electron chi connectivity index (χ3n) is 3.71. The van der Waals surface area contributed by atoms with Crippen molar-refractivity contribution in [2.45, 2.75) is 33.0 Å². The van der Waals surface area contributed by atoms with Crippen LogP contribution in [0.4, 0.5) is 0 Å². The van der Waals surface area contributed by atoms with Crippen molar-refractivity contribution in [3.63, 3.8) is 0 Å². The summed E-state index contributed by atoms with van der Waals surface area (Å²) < 4.78 is 11.2. The Bertz CT molecular complexity index is 271. The zero-order valence-corrected chi connectivity index (χ0v) is 10.4. The van der Waals surface area contributed by atoms with Gasteiger partial charge in [-0.3, -0.25) is 4.79 Å². The molecule has 1 amide bonds. The predicted molar refractivity (Wildman–Crippen MR) is 59.8 cm³/mol. The van der Waals surface area contributed by atoms with Crippen LogP contribution in [0.3, 0.4) is 0 Å². The topological polar surface area (TPSA) is 38.8 Å². The standard InChI is InChI=1S/C12H21NO3/c1-9(2)10(3)11(14)13-5-4-12(8-13)15-6-7-16-12/h9-10H,4-8H2,1-3H3. The third-order valence-corrected chi connectivity index (χ3v) is 3.71. The Hall–Kier alpha value is -0.610. The van der Waals surface area contributed by atoms with Crippen LogP contribution >= 0.6 is 0 Å². The number of likely N-dealkylation sites (tertiary alicyclic amines) is 1. The summed E-state index contributed by atoms with van der Waals surface area (Å²) in [6.45, 7) is 8.82. The van der Waals surface area contributed by atoms with Crippen molar-refractivity contribution >= 4 is 5.91 Å². The Kier molecular flexibility index (Phi) is 3.22. The van der Waals surface area contributed by atoms with Gasteiger partial charge in [-0.05, 0) is 5.92 Å². The molecule has 1 atom stereocenters. The second-order valence-electron chi connectivity index (χ2n) is 5.15. The van der Waals surface area contributed by atoms with E-state index in [0.29, 0.717) is 25.7 Å². The Morgan fingerprint density at radius 2 is 1.88 bits per heavy atom. The van der Waals surface area contributed by atoms with Gasteiger partial charge in [0.15, 0.2) is 5.79 Å². The van der Waals surface area contributed by atoms with E-state index in [1.807, 2.05) is 11.8 Å². The number of carbonyl (C=O) groups is 1. The van der Waals surface area contributed by atoms with Crippen molar-refractivity contribution in [3.8, 4) is 0 Å². The number of amides is 1. The summed E-state index contributed by atoms with van der Waals surface area (Å²) in [6, 6.07) is 0. The first-order chi connectivity index (χ1) is 7.54. The van der Waals surface area contributed by atoms with E-state index in [1.165, 1.54) is 0 Å². The van der Waals surface area contributed by atoms with Crippen LogP contribution in [0.25, 0.3) is 0 Å². The zero-order valence-electron chi connectivity index (χ0n) is 10.4. The van der Waals surface area contributed by atoms with Crippen molar-refractivity contribution in [2.24, 2.45) is 11.8 Å². The number of nitrogens with zero attached hydrogens (tertiary/aromatic N) is 1. The maximum absolute atomic E-state index is 12.1. The van der Waals surface area contributed by atoms with Gasteiger partial charge < -0.3 is 14.4 Å². The summed E-state index contributed by atoms with van der Waals surface area (Å²) in [4.78, 5) is 14.0. The highest BCUT2D eigenvalue weighted by Crippen LogP contribution is 2.31. The van der Waals surface area contributed by atoms with Crippen molar-refractivity contribution < 1.29 is 14.3 Å². The molecule has 0 bridgehead atoms. The van der Waals surface area contributed by atoms with Crippen molar-refractivity contribution in [3.05, 3.63) is 0 Å². The van der Waals surface area contributed by atoms with Crippen molar-refractivity contribution in [2.75, 3.05) is 26.3 Å². The van der Waals surface area contributed by atoms with E-state index in [0.717, 1.165) is 13.0 Å². The van der Waals surface area contributed by atoms with Crippen LogP contribution in [-0.2, 0) is 14.3 Å². The fourth-order valence-corrected chi connectivity index (χ4v) is 2.25. The first-order valence-corrected chi connectivity index (χ1v) is 6.11. The van der Waals surface area contributed by atoms with Crippen LogP contribution in [-0.4, -0.2) is 42.9 Å². The molecule has 0 N–H and O–H groups in total. The predicted octanol–water partition coefficient (Wildman–Crippen LogP) is 1.25. The van der Waals surface area contributed by atoms with Crippen molar-refractivity contribution in [1.82, 2.24) is 4.90 Å². The third kappa shape index (κ3) is 2.09. The molecule has 92 valence electrons.